The number of likely N-dealkylation sites (tertiary alicyclic amines) is 1. The van der Waals surface area contributed by atoms with Gasteiger partial charge in [0.25, 0.3) is 5.56 Å². The van der Waals surface area contributed by atoms with Gasteiger partial charge in [0.15, 0.2) is 0 Å². The first-order valence-electron chi connectivity index (χ1n) is 9.74. The first-order valence-corrected chi connectivity index (χ1v) is 9.74. The highest BCUT2D eigenvalue weighted by molar-refractivity contribution is 5.72. The van der Waals surface area contributed by atoms with Crippen molar-refractivity contribution in [3.8, 4) is 0 Å². The number of nitrogens with one attached hydrogen (secondary N) is 2. The van der Waals surface area contributed by atoms with E-state index in [2.05, 4.69) is 14.9 Å². The lowest BCUT2D eigenvalue weighted by molar-refractivity contribution is -0.0580. The molecule has 0 amide bonds. The molecule has 1 saturated heterocycles. The van der Waals surface area contributed by atoms with Gasteiger partial charge in [-0.3, -0.25) is 14.7 Å². The first kappa shape index (κ1) is 19.5. The summed E-state index contributed by atoms with van der Waals surface area (Å²) in [6, 6.07) is -0.367. The number of halogens is 1. The molecule has 28 heavy (non-hydrogen) atoms. The zero-order valence-electron chi connectivity index (χ0n) is 16.1. The second kappa shape index (κ2) is 6.91. The van der Waals surface area contributed by atoms with E-state index in [9.17, 15) is 14.7 Å². The minimum atomic E-state index is -1.08. The Bertz CT molecular complexity index is 921. The van der Waals surface area contributed by atoms with Gasteiger partial charge in [-0.25, -0.2) is 9.18 Å². The molecule has 0 spiro atoms. The van der Waals surface area contributed by atoms with Crippen molar-refractivity contribution in [3.05, 3.63) is 37.9 Å². The first-order chi connectivity index (χ1) is 13.4. The SMILES string of the molecule is COC1c2[nH]c(=O)[nH]c(=O)c2C(C)=C(F)C1(C1CC1)N1CCC(C(N)CO)C1. The standard InChI is InChI=1S/C19H27FN4O4/c1-9-13-14(22-18(27)23-17(13)26)16(28-2)19(15(9)20,11-3-4-11)24-6-5-10(7-24)12(21)8-25/h10-12,16,25H,3-8,21H2,1-2H3,(H2,22,23,26,27). The van der Waals surface area contributed by atoms with Crippen molar-refractivity contribution in [2.75, 3.05) is 26.8 Å². The average Bonchev–Trinajstić information content (AvgIpc) is 3.39. The molecule has 4 unspecified atom stereocenters. The highest BCUT2D eigenvalue weighted by atomic mass is 19.1. The second-order valence-electron chi connectivity index (χ2n) is 8.19. The third kappa shape index (κ3) is 2.64. The largest absolute Gasteiger partial charge is 0.395 e. The van der Waals surface area contributed by atoms with E-state index in [4.69, 9.17) is 10.5 Å². The molecule has 0 radical (unpaired) electrons. The Morgan fingerprint density at radius 1 is 1.36 bits per heavy atom. The Morgan fingerprint density at radius 2 is 2.07 bits per heavy atom. The number of aromatic nitrogens is 2. The van der Waals surface area contributed by atoms with Crippen LogP contribution in [-0.2, 0) is 4.74 Å². The maximum absolute atomic E-state index is 16.1. The van der Waals surface area contributed by atoms with E-state index in [1.165, 1.54) is 7.11 Å². The van der Waals surface area contributed by atoms with Crippen LogP contribution >= 0.6 is 0 Å². The Kier molecular flexibility index (Phi) is 4.81. The zero-order valence-corrected chi connectivity index (χ0v) is 16.1. The monoisotopic (exact) mass is 394 g/mol. The molecular formula is C19H27FN4O4. The van der Waals surface area contributed by atoms with Crippen molar-refractivity contribution < 1.29 is 14.2 Å². The van der Waals surface area contributed by atoms with E-state index in [0.29, 0.717) is 18.8 Å². The summed E-state index contributed by atoms with van der Waals surface area (Å²) in [6.07, 6.45) is 1.63. The molecular weight excluding hydrogens is 367 g/mol. The Balaban J connectivity index is 1.89. The fraction of sp³-hybridized carbons (Fsp3) is 0.684. The predicted octanol–water partition coefficient (Wildman–Crippen LogP) is 0.255. The Hall–Kier alpha value is -1.81. The lowest BCUT2D eigenvalue weighted by Crippen LogP contribution is -2.58. The molecule has 1 aliphatic heterocycles. The Labute approximate surface area is 161 Å². The number of nitrogens with zero attached hydrogens (tertiary/aromatic N) is 1. The molecule has 1 saturated carbocycles. The van der Waals surface area contributed by atoms with Gasteiger partial charge >= 0.3 is 5.69 Å². The summed E-state index contributed by atoms with van der Waals surface area (Å²) in [5.41, 5.74) is 4.43. The van der Waals surface area contributed by atoms with Gasteiger partial charge in [0.2, 0.25) is 0 Å². The van der Waals surface area contributed by atoms with Gasteiger partial charge in [-0.15, -0.1) is 0 Å². The van der Waals surface area contributed by atoms with Crippen LogP contribution in [0.2, 0.25) is 0 Å². The van der Waals surface area contributed by atoms with Crippen LogP contribution in [0.15, 0.2) is 15.4 Å². The third-order valence-corrected chi connectivity index (χ3v) is 6.69. The van der Waals surface area contributed by atoms with E-state index in [0.717, 1.165) is 19.3 Å². The van der Waals surface area contributed by atoms with Crippen LogP contribution in [0.5, 0.6) is 0 Å². The highest BCUT2D eigenvalue weighted by Gasteiger charge is 2.62. The van der Waals surface area contributed by atoms with Crippen LogP contribution in [0.4, 0.5) is 4.39 Å². The summed E-state index contributed by atoms with van der Waals surface area (Å²) in [4.78, 5) is 31.3. The van der Waals surface area contributed by atoms with Crippen LogP contribution in [0.25, 0.3) is 5.57 Å². The number of H-pyrrole nitrogens is 2. The molecule has 0 aromatic carbocycles. The third-order valence-electron chi connectivity index (χ3n) is 6.69. The van der Waals surface area contributed by atoms with Gasteiger partial charge < -0.3 is 20.6 Å². The molecule has 3 aliphatic rings. The van der Waals surface area contributed by atoms with E-state index in [1.54, 1.807) is 6.92 Å². The van der Waals surface area contributed by atoms with Crippen LogP contribution in [-0.4, -0.2) is 58.4 Å². The summed E-state index contributed by atoms with van der Waals surface area (Å²) in [7, 11) is 1.48. The second-order valence-corrected chi connectivity index (χ2v) is 8.19. The van der Waals surface area contributed by atoms with Crippen molar-refractivity contribution in [2.24, 2.45) is 17.6 Å². The topological polar surface area (TPSA) is 124 Å². The molecule has 8 nitrogen and oxygen atoms in total. The van der Waals surface area contributed by atoms with Gasteiger partial charge in [-0.2, -0.15) is 0 Å². The zero-order chi connectivity index (χ0) is 20.2. The summed E-state index contributed by atoms with van der Waals surface area (Å²) >= 11 is 0. The number of aromatic amines is 2. The van der Waals surface area contributed by atoms with Gasteiger partial charge in [0.1, 0.15) is 17.5 Å². The smallest absolute Gasteiger partial charge is 0.326 e. The van der Waals surface area contributed by atoms with Crippen LogP contribution in [0, 0.1) is 11.8 Å². The molecule has 1 aromatic rings. The molecule has 9 heteroatoms. The average molecular weight is 394 g/mol. The molecule has 1 aromatic heterocycles. The van der Waals surface area contributed by atoms with E-state index in [1.807, 2.05) is 0 Å². The van der Waals surface area contributed by atoms with Gasteiger partial charge in [0, 0.05) is 19.7 Å². The normalized spacial score (nSPS) is 31.9. The van der Waals surface area contributed by atoms with Crippen LogP contribution in [0.3, 0.4) is 0 Å². The van der Waals surface area contributed by atoms with Crippen LogP contribution < -0.4 is 17.0 Å². The summed E-state index contributed by atoms with van der Waals surface area (Å²) in [5.74, 6) is -0.302. The summed E-state index contributed by atoms with van der Waals surface area (Å²) < 4.78 is 21.9. The molecule has 4 atom stereocenters. The number of methoxy groups -OCH3 is 1. The van der Waals surface area contributed by atoms with Crippen molar-refractivity contribution in [1.82, 2.24) is 14.9 Å². The molecule has 154 valence electrons. The fourth-order valence-electron chi connectivity index (χ4n) is 5.22. The highest BCUT2D eigenvalue weighted by Crippen LogP contribution is 2.59. The van der Waals surface area contributed by atoms with Crippen molar-refractivity contribution in [1.29, 1.82) is 0 Å². The lowest BCUT2D eigenvalue weighted by Gasteiger charge is -2.49. The minimum absolute atomic E-state index is 0.0208. The maximum Gasteiger partial charge on any atom is 0.326 e. The van der Waals surface area contributed by atoms with Gasteiger partial charge in [-0.1, -0.05) is 0 Å². The number of nitrogens with two attached hydrogens (primary N) is 1. The lowest BCUT2D eigenvalue weighted by atomic mass is 9.74. The van der Waals surface area contributed by atoms with Gasteiger partial charge in [-0.05, 0) is 50.1 Å². The number of fused-ring (bicyclic) bond motifs is 1. The van der Waals surface area contributed by atoms with Crippen LogP contribution in [0.1, 0.15) is 43.5 Å². The number of allylic oxidation sites excluding steroid dienone is 1. The molecule has 2 fully saturated rings. The van der Waals surface area contributed by atoms with Crippen molar-refractivity contribution in [2.45, 2.75) is 43.9 Å². The number of rotatable bonds is 5. The molecule has 2 heterocycles. The minimum Gasteiger partial charge on any atom is -0.395 e. The fourth-order valence-corrected chi connectivity index (χ4v) is 5.22. The number of hydrogen-bond donors (Lipinski definition) is 4. The van der Waals surface area contributed by atoms with Crippen molar-refractivity contribution >= 4 is 5.57 Å². The number of aliphatic hydroxyl groups excluding tert-OH is 1. The molecule has 5 N–H and O–H groups in total. The number of aliphatic hydroxyl groups is 1. The number of hydrogen-bond acceptors (Lipinski definition) is 6. The van der Waals surface area contributed by atoms with E-state index >= 15 is 4.39 Å². The summed E-state index contributed by atoms with van der Waals surface area (Å²) in [6.45, 7) is 2.60. The maximum atomic E-state index is 16.1. The van der Waals surface area contributed by atoms with Gasteiger partial charge in [0.05, 0.1) is 17.9 Å². The molecule has 4 rings (SSSR count). The van der Waals surface area contributed by atoms with E-state index < -0.39 is 22.9 Å². The Morgan fingerprint density at radius 3 is 2.68 bits per heavy atom. The number of ether oxygens (including phenoxy) is 1. The van der Waals surface area contributed by atoms with E-state index in [-0.39, 0.29) is 41.4 Å². The molecule has 2 aliphatic carbocycles. The quantitative estimate of drug-likeness (QED) is 0.568. The predicted molar refractivity (Wildman–Crippen MR) is 101 cm³/mol. The molecule has 0 bridgehead atoms. The van der Waals surface area contributed by atoms with Crippen molar-refractivity contribution in [3.63, 3.8) is 0 Å². The summed E-state index contributed by atoms with van der Waals surface area (Å²) in [5, 5.41) is 9.43.